The molecular formula is C16H21FN2O3S. The summed E-state index contributed by atoms with van der Waals surface area (Å²) in [6, 6.07) is 4.01. The van der Waals surface area contributed by atoms with Crippen LogP contribution in [-0.4, -0.2) is 19.7 Å². The van der Waals surface area contributed by atoms with Crippen LogP contribution in [0.25, 0.3) is 0 Å². The van der Waals surface area contributed by atoms with E-state index in [1.54, 1.807) is 6.07 Å². The van der Waals surface area contributed by atoms with Crippen molar-refractivity contribution in [2.75, 3.05) is 6.26 Å². The number of sulfone groups is 1. The maximum absolute atomic E-state index is 14.0. The number of hydrogen-bond donors (Lipinski definition) is 1. The average Bonchev–Trinajstić information content (AvgIpc) is 2.91. The van der Waals surface area contributed by atoms with Gasteiger partial charge in [0.1, 0.15) is 16.5 Å². The van der Waals surface area contributed by atoms with E-state index < -0.39 is 15.7 Å². The van der Waals surface area contributed by atoms with Gasteiger partial charge in [-0.15, -0.1) is 0 Å². The van der Waals surface area contributed by atoms with Gasteiger partial charge in [-0.2, -0.15) is 0 Å². The topological polar surface area (TPSA) is 72.2 Å². The van der Waals surface area contributed by atoms with E-state index in [1.165, 1.54) is 18.5 Å². The molecule has 0 saturated heterocycles. The summed E-state index contributed by atoms with van der Waals surface area (Å²) >= 11 is 0. The Kier molecular flexibility index (Phi) is 5.21. The van der Waals surface area contributed by atoms with Crippen LogP contribution in [0.15, 0.2) is 33.9 Å². The number of oxazole rings is 1. The Hall–Kier alpha value is -1.73. The van der Waals surface area contributed by atoms with Crippen molar-refractivity contribution in [3.05, 3.63) is 47.4 Å². The minimum Gasteiger partial charge on any atom is -0.448 e. The lowest BCUT2D eigenvalue weighted by atomic mass is 10.1. The maximum Gasteiger partial charge on any atom is 0.181 e. The summed E-state index contributed by atoms with van der Waals surface area (Å²) in [6.45, 7) is 6.41. The van der Waals surface area contributed by atoms with Crippen molar-refractivity contribution in [2.24, 2.45) is 0 Å². The summed E-state index contributed by atoms with van der Waals surface area (Å²) < 4.78 is 42.2. The van der Waals surface area contributed by atoms with Crippen molar-refractivity contribution in [1.29, 1.82) is 0 Å². The molecule has 2 rings (SSSR count). The standard InChI is InChI=1S/C16H21FN2O3S/c1-10(2)16-14(19-9-22-16)8-18-11(3)12-5-6-15(13(17)7-12)23(4,20)21/h5-7,9-11,18H,8H2,1-4H3/t11-/m0/s1. The fraction of sp³-hybridized carbons (Fsp3) is 0.438. The van der Waals surface area contributed by atoms with Crippen LogP contribution in [0.1, 0.15) is 49.7 Å². The van der Waals surface area contributed by atoms with Crippen LogP contribution in [0.2, 0.25) is 0 Å². The molecule has 23 heavy (non-hydrogen) atoms. The van der Waals surface area contributed by atoms with Crippen molar-refractivity contribution in [3.8, 4) is 0 Å². The Labute approximate surface area is 135 Å². The highest BCUT2D eigenvalue weighted by molar-refractivity contribution is 7.90. The number of aromatic nitrogens is 1. The molecule has 0 aliphatic carbocycles. The fourth-order valence-electron chi connectivity index (χ4n) is 2.34. The monoisotopic (exact) mass is 340 g/mol. The second-order valence-corrected chi connectivity index (χ2v) is 7.87. The van der Waals surface area contributed by atoms with Crippen molar-refractivity contribution in [3.63, 3.8) is 0 Å². The van der Waals surface area contributed by atoms with Gasteiger partial charge in [0.15, 0.2) is 16.2 Å². The molecule has 0 radical (unpaired) electrons. The van der Waals surface area contributed by atoms with E-state index in [0.29, 0.717) is 12.1 Å². The summed E-state index contributed by atoms with van der Waals surface area (Å²) in [5, 5.41) is 3.24. The van der Waals surface area contributed by atoms with E-state index in [-0.39, 0.29) is 16.9 Å². The van der Waals surface area contributed by atoms with Gasteiger partial charge in [-0.05, 0) is 24.6 Å². The molecule has 2 aromatic rings. The van der Waals surface area contributed by atoms with Crippen molar-refractivity contribution < 1.29 is 17.2 Å². The normalized spacial score (nSPS) is 13.5. The molecule has 0 fully saturated rings. The number of halogens is 1. The Bertz CT molecular complexity index is 784. The van der Waals surface area contributed by atoms with Crippen LogP contribution < -0.4 is 5.32 Å². The van der Waals surface area contributed by atoms with E-state index >= 15 is 0 Å². The third-order valence-electron chi connectivity index (χ3n) is 3.63. The molecule has 1 aromatic heterocycles. The lowest BCUT2D eigenvalue weighted by Crippen LogP contribution is -2.19. The first kappa shape index (κ1) is 17.6. The van der Waals surface area contributed by atoms with Gasteiger partial charge < -0.3 is 9.73 Å². The molecule has 1 aromatic carbocycles. The smallest absolute Gasteiger partial charge is 0.181 e. The van der Waals surface area contributed by atoms with E-state index in [4.69, 9.17) is 4.42 Å². The average molecular weight is 340 g/mol. The molecule has 126 valence electrons. The number of nitrogens with zero attached hydrogens (tertiary/aromatic N) is 1. The molecule has 1 heterocycles. The molecule has 7 heteroatoms. The van der Waals surface area contributed by atoms with Gasteiger partial charge in [-0.25, -0.2) is 17.8 Å². The minimum absolute atomic E-state index is 0.158. The molecule has 0 bridgehead atoms. The minimum atomic E-state index is -3.56. The molecule has 0 unspecified atom stereocenters. The van der Waals surface area contributed by atoms with Crippen molar-refractivity contribution >= 4 is 9.84 Å². The predicted molar refractivity (Wildman–Crippen MR) is 85.4 cm³/mol. The largest absolute Gasteiger partial charge is 0.448 e. The number of rotatable bonds is 6. The SMILES string of the molecule is CC(C)c1ocnc1CN[C@@H](C)c1ccc(S(C)(=O)=O)c(F)c1. The fourth-order valence-corrected chi connectivity index (χ4v) is 3.06. The third kappa shape index (κ3) is 4.17. The summed E-state index contributed by atoms with van der Waals surface area (Å²) in [5.74, 6) is 0.322. The summed E-state index contributed by atoms with van der Waals surface area (Å²) in [7, 11) is -3.56. The first-order chi connectivity index (χ1) is 10.7. The van der Waals surface area contributed by atoms with Gasteiger partial charge in [0, 0.05) is 24.8 Å². The molecule has 1 atom stereocenters. The zero-order chi connectivity index (χ0) is 17.2. The molecule has 5 nitrogen and oxygen atoms in total. The Morgan fingerprint density at radius 3 is 2.57 bits per heavy atom. The van der Waals surface area contributed by atoms with Gasteiger partial charge in [0.2, 0.25) is 0 Å². The molecule has 0 aliphatic heterocycles. The Morgan fingerprint density at radius 2 is 2.00 bits per heavy atom. The summed E-state index contributed by atoms with van der Waals surface area (Å²) in [5.41, 5.74) is 1.49. The lowest BCUT2D eigenvalue weighted by Gasteiger charge is -2.15. The third-order valence-corrected chi connectivity index (χ3v) is 4.76. The van der Waals surface area contributed by atoms with Crippen molar-refractivity contribution in [1.82, 2.24) is 10.3 Å². The van der Waals surface area contributed by atoms with Crippen LogP contribution >= 0.6 is 0 Å². The van der Waals surface area contributed by atoms with Crippen LogP contribution in [0.4, 0.5) is 4.39 Å². The molecule has 0 aliphatic rings. The van der Waals surface area contributed by atoms with E-state index in [2.05, 4.69) is 10.3 Å². The zero-order valence-corrected chi connectivity index (χ0v) is 14.4. The molecular weight excluding hydrogens is 319 g/mol. The van der Waals surface area contributed by atoms with Crippen LogP contribution in [-0.2, 0) is 16.4 Å². The van der Waals surface area contributed by atoms with Crippen LogP contribution in [0.3, 0.4) is 0 Å². The Morgan fingerprint density at radius 1 is 1.30 bits per heavy atom. The lowest BCUT2D eigenvalue weighted by molar-refractivity contribution is 0.473. The Balaban J connectivity index is 2.11. The van der Waals surface area contributed by atoms with Crippen LogP contribution in [0, 0.1) is 5.82 Å². The highest BCUT2D eigenvalue weighted by Gasteiger charge is 2.17. The first-order valence-corrected chi connectivity index (χ1v) is 9.24. The van der Waals surface area contributed by atoms with E-state index in [0.717, 1.165) is 17.7 Å². The quantitative estimate of drug-likeness (QED) is 0.874. The first-order valence-electron chi connectivity index (χ1n) is 7.35. The maximum atomic E-state index is 14.0. The van der Waals surface area contributed by atoms with Gasteiger partial charge in [-0.1, -0.05) is 19.9 Å². The second-order valence-electron chi connectivity index (χ2n) is 5.88. The molecule has 0 spiro atoms. The van der Waals surface area contributed by atoms with Crippen molar-refractivity contribution in [2.45, 2.75) is 44.2 Å². The molecule has 0 amide bonds. The highest BCUT2D eigenvalue weighted by atomic mass is 32.2. The van der Waals surface area contributed by atoms with E-state index in [9.17, 15) is 12.8 Å². The van der Waals surface area contributed by atoms with Gasteiger partial charge in [-0.3, -0.25) is 0 Å². The van der Waals surface area contributed by atoms with Gasteiger partial charge in [0.05, 0.1) is 5.69 Å². The van der Waals surface area contributed by atoms with E-state index in [1.807, 2.05) is 20.8 Å². The summed E-state index contributed by atoms with van der Waals surface area (Å²) in [6.07, 6.45) is 2.41. The molecule has 0 saturated carbocycles. The second kappa shape index (κ2) is 6.80. The zero-order valence-electron chi connectivity index (χ0n) is 13.6. The number of hydrogen-bond acceptors (Lipinski definition) is 5. The highest BCUT2D eigenvalue weighted by Crippen LogP contribution is 2.22. The van der Waals surface area contributed by atoms with Crippen LogP contribution in [0.5, 0.6) is 0 Å². The van der Waals surface area contributed by atoms with Gasteiger partial charge >= 0.3 is 0 Å². The number of benzene rings is 1. The van der Waals surface area contributed by atoms with Gasteiger partial charge in [0.25, 0.3) is 0 Å². The number of nitrogens with one attached hydrogen (secondary N) is 1. The predicted octanol–water partition coefficient (Wildman–Crippen LogP) is 3.19. The summed E-state index contributed by atoms with van der Waals surface area (Å²) in [4.78, 5) is 3.90. The molecule has 1 N–H and O–H groups in total.